The summed E-state index contributed by atoms with van der Waals surface area (Å²) in [4.78, 5) is 36.4. The second-order valence-corrected chi connectivity index (χ2v) is 5.06. The van der Waals surface area contributed by atoms with Gasteiger partial charge in [0.1, 0.15) is 5.54 Å². The van der Waals surface area contributed by atoms with E-state index in [0.29, 0.717) is 12.8 Å². The number of carbonyl (C=O) groups is 3. The fourth-order valence-electron chi connectivity index (χ4n) is 2.53. The SMILES string of the molecule is CC(C(=O)O)(C1CC1)N1C(=O)CCCCC1=O. The van der Waals surface area contributed by atoms with Gasteiger partial charge in [-0.1, -0.05) is 0 Å². The number of hydrogen-bond acceptors (Lipinski definition) is 3. The van der Waals surface area contributed by atoms with Gasteiger partial charge in [0.15, 0.2) is 0 Å². The summed E-state index contributed by atoms with van der Waals surface area (Å²) >= 11 is 0. The van der Waals surface area contributed by atoms with Crippen LogP contribution >= 0.6 is 0 Å². The molecule has 2 amide bonds. The van der Waals surface area contributed by atoms with Crippen molar-refractivity contribution in [3.05, 3.63) is 0 Å². The van der Waals surface area contributed by atoms with Gasteiger partial charge in [-0.25, -0.2) is 4.79 Å². The van der Waals surface area contributed by atoms with Crippen molar-refractivity contribution < 1.29 is 19.5 Å². The molecule has 2 fully saturated rings. The zero-order chi connectivity index (χ0) is 12.6. The van der Waals surface area contributed by atoms with E-state index in [1.165, 1.54) is 6.92 Å². The third-order valence-electron chi connectivity index (χ3n) is 3.80. The minimum absolute atomic E-state index is 0.0778. The highest BCUT2D eigenvalue weighted by Gasteiger charge is 2.55. The van der Waals surface area contributed by atoms with Crippen molar-refractivity contribution in [3.63, 3.8) is 0 Å². The monoisotopic (exact) mass is 239 g/mol. The number of carboxylic acids is 1. The Bertz CT molecular complexity index is 357. The molecule has 1 unspecified atom stereocenters. The van der Waals surface area contributed by atoms with Crippen LogP contribution < -0.4 is 0 Å². The molecule has 0 aromatic heterocycles. The van der Waals surface area contributed by atoms with Crippen molar-refractivity contribution in [2.75, 3.05) is 0 Å². The normalized spacial score (nSPS) is 25.4. The summed E-state index contributed by atoms with van der Waals surface area (Å²) in [7, 11) is 0. The van der Waals surface area contributed by atoms with E-state index < -0.39 is 11.5 Å². The largest absolute Gasteiger partial charge is 0.479 e. The van der Waals surface area contributed by atoms with Crippen LogP contribution in [0.25, 0.3) is 0 Å². The van der Waals surface area contributed by atoms with Gasteiger partial charge in [-0.2, -0.15) is 0 Å². The highest BCUT2D eigenvalue weighted by molar-refractivity contribution is 6.01. The average molecular weight is 239 g/mol. The van der Waals surface area contributed by atoms with Crippen molar-refractivity contribution in [2.45, 2.75) is 51.0 Å². The van der Waals surface area contributed by atoms with Crippen LogP contribution in [-0.4, -0.2) is 33.3 Å². The van der Waals surface area contributed by atoms with Crippen LogP contribution in [0.5, 0.6) is 0 Å². The molecule has 0 spiro atoms. The molecule has 94 valence electrons. The molecule has 1 aliphatic heterocycles. The summed E-state index contributed by atoms with van der Waals surface area (Å²) in [5, 5.41) is 9.38. The number of carbonyl (C=O) groups excluding carboxylic acids is 2. The molecule has 5 nitrogen and oxygen atoms in total. The number of hydrogen-bond donors (Lipinski definition) is 1. The Morgan fingerprint density at radius 1 is 1.24 bits per heavy atom. The Hall–Kier alpha value is -1.39. The van der Waals surface area contributed by atoms with Crippen LogP contribution in [0.2, 0.25) is 0 Å². The lowest BCUT2D eigenvalue weighted by Crippen LogP contribution is -2.58. The van der Waals surface area contributed by atoms with Crippen LogP contribution in [-0.2, 0) is 14.4 Å². The Morgan fingerprint density at radius 3 is 2.06 bits per heavy atom. The number of rotatable bonds is 3. The summed E-state index contributed by atoms with van der Waals surface area (Å²) in [6, 6.07) is 0. The molecule has 17 heavy (non-hydrogen) atoms. The lowest BCUT2D eigenvalue weighted by molar-refractivity contribution is -0.166. The molecule has 1 saturated heterocycles. The van der Waals surface area contributed by atoms with Crippen LogP contribution in [0.3, 0.4) is 0 Å². The number of carboxylic acid groups (broad SMARTS) is 1. The third kappa shape index (κ3) is 1.94. The van der Waals surface area contributed by atoms with Gasteiger partial charge < -0.3 is 5.11 Å². The average Bonchev–Trinajstić information content (AvgIpc) is 3.06. The zero-order valence-electron chi connectivity index (χ0n) is 9.94. The fourth-order valence-corrected chi connectivity index (χ4v) is 2.53. The van der Waals surface area contributed by atoms with Gasteiger partial charge in [0, 0.05) is 12.8 Å². The molecular formula is C12H17NO4. The first kappa shape index (κ1) is 12.1. The Balaban J connectivity index is 2.35. The second-order valence-electron chi connectivity index (χ2n) is 5.06. The van der Waals surface area contributed by atoms with Gasteiger partial charge >= 0.3 is 5.97 Å². The molecule has 1 N–H and O–H groups in total. The molecule has 0 aromatic carbocycles. The molecule has 5 heteroatoms. The molecule has 1 atom stereocenters. The van der Waals surface area contributed by atoms with E-state index in [0.717, 1.165) is 17.7 Å². The lowest BCUT2D eigenvalue weighted by atomic mass is 9.92. The van der Waals surface area contributed by atoms with E-state index in [9.17, 15) is 19.5 Å². The fraction of sp³-hybridized carbons (Fsp3) is 0.750. The van der Waals surface area contributed by atoms with E-state index in [-0.39, 0.29) is 30.6 Å². The van der Waals surface area contributed by atoms with Gasteiger partial charge in [-0.05, 0) is 38.5 Å². The first-order valence-corrected chi connectivity index (χ1v) is 6.07. The molecule has 1 saturated carbocycles. The minimum atomic E-state index is -1.33. The highest BCUT2D eigenvalue weighted by Crippen LogP contribution is 2.44. The van der Waals surface area contributed by atoms with E-state index in [1.54, 1.807) is 0 Å². The van der Waals surface area contributed by atoms with Crippen molar-refractivity contribution in [1.82, 2.24) is 4.90 Å². The first-order chi connectivity index (χ1) is 7.98. The van der Waals surface area contributed by atoms with Crippen molar-refractivity contribution >= 4 is 17.8 Å². The van der Waals surface area contributed by atoms with E-state index in [4.69, 9.17) is 0 Å². The molecular weight excluding hydrogens is 222 g/mol. The van der Waals surface area contributed by atoms with Crippen LogP contribution in [0.15, 0.2) is 0 Å². The second kappa shape index (κ2) is 4.13. The smallest absolute Gasteiger partial charge is 0.330 e. The molecule has 0 bridgehead atoms. The van der Waals surface area contributed by atoms with Gasteiger partial charge in [0.05, 0.1) is 0 Å². The number of likely N-dealkylation sites (tertiary alicyclic amines) is 1. The zero-order valence-corrected chi connectivity index (χ0v) is 9.94. The van der Waals surface area contributed by atoms with Gasteiger partial charge in [-0.15, -0.1) is 0 Å². The first-order valence-electron chi connectivity index (χ1n) is 6.07. The van der Waals surface area contributed by atoms with Crippen LogP contribution in [0.1, 0.15) is 45.4 Å². The topological polar surface area (TPSA) is 74.7 Å². The molecule has 1 heterocycles. The Labute approximate surface area is 99.8 Å². The predicted molar refractivity (Wildman–Crippen MR) is 59.1 cm³/mol. The Morgan fingerprint density at radius 2 is 1.71 bits per heavy atom. The van der Waals surface area contributed by atoms with Crippen molar-refractivity contribution in [3.8, 4) is 0 Å². The summed E-state index contributed by atoms with van der Waals surface area (Å²) in [5.41, 5.74) is -1.33. The number of amides is 2. The third-order valence-corrected chi connectivity index (χ3v) is 3.80. The lowest BCUT2D eigenvalue weighted by Gasteiger charge is -2.36. The predicted octanol–water partition coefficient (Wildman–Crippen LogP) is 1.17. The van der Waals surface area contributed by atoms with Crippen molar-refractivity contribution in [2.24, 2.45) is 5.92 Å². The highest BCUT2D eigenvalue weighted by atomic mass is 16.4. The molecule has 2 aliphatic rings. The maximum Gasteiger partial charge on any atom is 0.330 e. The number of aliphatic carboxylic acids is 1. The molecule has 0 aromatic rings. The van der Waals surface area contributed by atoms with Gasteiger partial charge in [0.2, 0.25) is 11.8 Å². The van der Waals surface area contributed by atoms with Crippen LogP contribution in [0.4, 0.5) is 0 Å². The summed E-state index contributed by atoms with van der Waals surface area (Å²) in [6.45, 7) is 1.51. The van der Waals surface area contributed by atoms with Crippen LogP contribution in [0, 0.1) is 5.92 Å². The maximum atomic E-state index is 11.9. The quantitative estimate of drug-likeness (QED) is 0.750. The molecule has 0 radical (unpaired) electrons. The Kier molecular flexibility index (Phi) is 2.93. The molecule has 2 rings (SSSR count). The van der Waals surface area contributed by atoms with Gasteiger partial charge in [-0.3, -0.25) is 14.5 Å². The molecule has 1 aliphatic carbocycles. The standard InChI is InChI=1S/C12H17NO4/c1-12(11(16)17,8-6-7-8)13-9(14)4-2-3-5-10(13)15/h8H,2-7H2,1H3,(H,16,17). The maximum absolute atomic E-state index is 11.9. The van der Waals surface area contributed by atoms with E-state index in [2.05, 4.69) is 0 Å². The summed E-state index contributed by atoms with van der Waals surface area (Å²) in [5.74, 6) is -1.80. The number of nitrogens with zero attached hydrogens (tertiary/aromatic N) is 1. The van der Waals surface area contributed by atoms with Crippen molar-refractivity contribution in [1.29, 1.82) is 0 Å². The van der Waals surface area contributed by atoms with E-state index >= 15 is 0 Å². The van der Waals surface area contributed by atoms with Gasteiger partial charge in [0.25, 0.3) is 0 Å². The minimum Gasteiger partial charge on any atom is -0.479 e. The summed E-state index contributed by atoms with van der Waals surface area (Å²) in [6.07, 6.45) is 3.45. The number of imide groups is 1. The van der Waals surface area contributed by atoms with E-state index in [1.807, 2.05) is 0 Å². The summed E-state index contributed by atoms with van der Waals surface area (Å²) < 4.78 is 0.